The van der Waals surface area contributed by atoms with Gasteiger partial charge in [-0.25, -0.2) is 15.0 Å². The fraction of sp³-hybridized carbons (Fsp3) is 0.350. The van der Waals surface area contributed by atoms with Crippen molar-refractivity contribution >= 4 is 28.3 Å². The van der Waals surface area contributed by atoms with Crippen molar-refractivity contribution < 1.29 is 4.74 Å². The number of hydrogen-bond acceptors (Lipinski definition) is 8. The zero-order chi connectivity index (χ0) is 20.0. The SMILES string of the molecule is COc1cccc2c1nc(N)n1nc([C@@H]3CCCN(c4cnc(C)cn4)C3)nc21. The quantitative estimate of drug-likeness (QED) is 0.568. The summed E-state index contributed by atoms with van der Waals surface area (Å²) in [6.07, 6.45) is 5.68. The van der Waals surface area contributed by atoms with E-state index in [1.54, 1.807) is 17.8 Å². The largest absolute Gasteiger partial charge is 0.494 e. The molecule has 0 aliphatic carbocycles. The fourth-order valence-electron chi connectivity index (χ4n) is 3.92. The maximum absolute atomic E-state index is 6.19. The van der Waals surface area contributed by atoms with Crippen LogP contribution >= 0.6 is 0 Å². The Hall–Kier alpha value is -3.49. The Labute approximate surface area is 167 Å². The predicted molar refractivity (Wildman–Crippen MR) is 110 cm³/mol. The maximum Gasteiger partial charge on any atom is 0.223 e. The lowest BCUT2D eigenvalue weighted by atomic mass is 9.97. The molecule has 29 heavy (non-hydrogen) atoms. The molecular formula is C20H22N8O. The van der Waals surface area contributed by atoms with E-state index in [1.165, 1.54) is 0 Å². The summed E-state index contributed by atoms with van der Waals surface area (Å²) in [5.41, 5.74) is 8.49. The van der Waals surface area contributed by atoms with Crippen molar-refractivity contribution in [2.75, 3.05) is 30.8 Å². The molecule has 0 radical (unpaired) electrons. The molecule has 1 aromatic carbocycles. The van der Waals surface area contributed by atoms with Crippen molar-refractivity contribution in [1.82, 2.24) is 29.5 Å². The van der Waals surface area contributed by atoms with Gasteiger partial charge in [0, 0.05) is 24.4 Å². The van der Waals surface area contributed by atoms with Crippen LogP contribution in [-0.4, -0.2) is 49.7 Å². The number of ether oxygens (including phenoxy) is 1. The minimum atomic E-state index is 0.187. The fourth-order valence-corrected chi connectivity index (χ4v) is 3.92. The lowest BCUT2D eigenvalue weighted by molar-refractivity contribution is 0.419. The first-order valence-corrected chi connectivity index (χ1v) is 9.66. The molecule has 9 nitrogen and oxygen atoms in total. The van der Waals surface area contributed by atoms with E-state index in [2.05, 4.69) is 19.9 Å². The Kier molecular flexibility index (Phi) is 4.15. The number of methoxy groups -OCH3 is 1. The van der Waals surface area contributed by atoms with Gasteiger partial charge in [-0.1, -0.05) is 6.07 Å². The van der Waals surface area contributed by atoms with Gasteiger partial charge in [0.1, 0.15) is 17.1 Å². The standard InChI is InChI=1S/C20H22N8O/c1-12-9-23-16(10-22-12)27-8-4-5-13(11-27)18-25-19-14-6-3-7-15(29-2)17(14)24-20(21)28(19)26-18/h3,6-7,9-10,13H,4-5,8,11H2,1-2H3,(H2,21,24)/t13-/m1/s1. The van der Waals surface area contributed by atoms with Gasteiger partial charge in [0.2, 0.25) is 5.95 Å². The van der Waals surface area contributed by atoms with Crippen molar-refractivity contribution in [1.29, 1.82) is 0 Å². The second-order valence-electron chi connectivity index (χ2n) is 7.33. The Bertz CT molecular complexity index is 1190. The summed E-state index contributed by atoms with van der Waals surface area (Å²) < 4.78 is 7.06. The maximum atomic E-state index is 6.19. The topological polar surface area (TPSA) is 107 Å². The minimum Gasteiger partial charge on any atom is -0.494 e. The Morgan fingerprint density at radius 2 is 2.07 bits per heavy atom. The van der Waals surface area contributed by atoms with Crippen LogP contribution in [0.2, 0.25) is 0 Å². The van der Waals surface area contributed by atoms with E-state index in [0.717, 1.165) is 48.7 Å². The van der Waals surface area contributed by atoms with Gasteiger partial charge >= 0.3 is 0 Å². The summed E-state index contributed by atoms with van der Waals surface area (Å²) in [4.78, 5) is 20.5. The van der Waals surface area contributed by atoms with E-state index in [9.17, 15) is 0 Å². The number of nitrogens with zero attached hydrogens (tertiary/aromatic N) is 7. The second kappa shape index (κ2) is 6.84. The van der Waals surface area contributed by atoms with Gasteiger partial charge in [-0.15, -0.1) is 5.10 Å². The van der Waals surface area contributed by atoms with Crippen molar-refractivity contribution in [3.63, 3.8) is 0 Å². The third-order valence-corrected chi connectivity index (χ3v) is 5.40. The minimum absolute atomic E-state index is 0.187. The first-order chi connectivity index (χ1) is 14.1. The molecule has 0 unspecified atom stereocenters. The van der Waals surface area contributed by atoms with Gasteiger partial charge in [-0.05, 0) is 31.9 Å². The summed E-state index contributed by atoms with van der Waals surface area (Å²) in [6.45, 7) is 3.68. The normalized spacial score (nSPS) is 17.2. The molecule has 0 amide bonds. The van der Waals surface area contributed by atoms with Crippen LogP contribution in [0.5, 0.6) is 5.75 Å². The average Bonchev–Trinajstić information content (AvgIpc) is 3.21. The molecule has 5 rings (SSSR count). The zero-order valence-corrected chi connectivity index (χ0v) is 16.4. The molecule has 4 aromatic rings. The molecule has 2 N–H and O–H groups in total. The third-order valence-electron chi connectivity index (χ3n) is 5.40. The molecular weight excluding hydrogens is 368 g/mol. The first kappa shape index (κ1) is 17.6. The summed E-state index contributed by atoms with van der Waals surface area (Å²) in [5.74, 6) is 2.82. The molecule has 1 aliphatic rings. The zero-order valence-electron chi connectivity index (χ0n) is 16.4. The summed E-state index contributed by atoms with van der Waals surface area (Å²) in [5, 5.41) is 5.57. The summed E-state index contributed by atoms with van der Waals surface area (Å²) in [7, 11) is 1.62. The van der Waals surface area contributed by atoms with Gasteiger partial charge < -0.3 is 15.4 Å². The number of rotatable bonds is 3. The van der Waals surface area contributed by atoms with Gasteiger partial charge in [-0.3, -0.25) is 4.98 Å². The van der Waals surface area contributed by atoms with E-state index in [0.29, 0.717) is 22.9 Å². The lowest BCUT2D eigenvalue weighted by Crippen LogP contribution is -2.35. The molecule has 148 valence electrons. The third kappa shape index (κ3) is 2.98. The second-order valence-corrected chi connectivity index (χ2v) is 7.33. The van der Waals surface area contributed by atoms with Crippen LogP contribution in [0.15, 0.2) is 30.6 Å². The molecule has 4 heterocycles. The number of para-hydroxylation sites is 1. The average molecular weight is 390 g/mol. The van der Waals surface area contributed by atoms with Gasteiger partial charge in [-0.2, -0.15) is 4.52 Å². The number of piperidine rings is 1. The van der Waals surface area contributed by atoms with Crippen molar-refractivity contribution in [2.24, 2.45) is 0 Å². The van der Waals surface area contributed by atoms with Crippen LogP contribution in [0.3, 0.4) is 0 Å². The number of fused-ring (bicyclic) bond motifs is 3. The van der Waals surface area contributed by atoms with E-state index in [1.807, 2.05) is 31.3 Å². The van der Waals surface area contributed by atoms with Crippen molar-refractivity contribution in [3.05, 3.63) is 42.1 Å². The lowest BCUT2D eigenvalue weighted by Gasteiger charge is -2.32. The highest BCUT2D eigenvalue weighted by Crippen LogP contribution is 2.31. The molecule has 9 heteroatoms. The number of benzene rings is 1. The van der Waals surface area contributed by atoms with Crippen molar-refractivity contribution in [3.8, 4) is 5.75 Å². The molecule has 0 spiro atoms. The molecule has 1 fully saturated rings. The highest BCUT2D eigenvalue weighted by Gasteiger charge is 2.26. The van der Waals surface area contributed by atoms with E-state index < -0.39 is 0 Å². The summed E-state index contributed by atoms with van der Waals surface area (Å²) in [6, 6.07) is 5.75. The molecule has 1 atom stereocenters. The van der Waals surface area contributed by atoms with E-state index >= 15 is 0 Å². The first-order valence-electron chi connectivity index (χ1n) is 9.66. The van der Waals surface area contributed by atoms with Gasteiger partial charge in [0.05, 0.1) is 25.2 Å². The number of hydrogen-bond donors (Lipinski definition) is 1. The number of aromatic nitrogens is 6. The molecule has 3 aromatic heterocycles. The highest BCUT2D eigenvalue weighted by molar-refractivity contribution is 5.95. The predicted octanol–water partition coefficient (Wildman–Crippen LogP) is 2.35. The van der Waals surface area contributed by atoms with Crippen LogP contribution in [0.25, 0.3) is 16.6 Å². The number of nitrogens with two attached hydrogens (primary N) is 1. The molecule has 0 saturated carbocycles. The monoisotopic (exact) mass is 390 g/mol. The molecule has 0 bridgehead atoms. The number of aryl methyl sites for hydroxylation is 1. The van der Waals surface area contributed by atoms with Gasteiger partial charge in [0.15, 0.2) is 11.5 Å². The van der Waals surface area contributed by atoms with Crippen LogP contribution in [-0.2, 0) is 0 Å². The van der Waals surface area contributed by atoms with Crippen molar-refractivity contribution in [2.45, 2.75) is 25.7 Å². The Morgan fingerprint density at radius 3 is 2.86 bits per heavy atom. The van der Waals surface area contributed by atoms with E-state index in [4.69, 9.17) is 20.6 Å². The van der Waals surface area contributed by atoms with Crippen LogP contribution in [0.1, 0.15) is 30.3 Å². The smallest absolute Gasteiger partial charge is 0.223 e. The van der Waals surface area contributed by atoms with E-state index in [-0.39, 0.29) is 5.92 Å². The Balaban J connectivity index is 1.54. The van der Waals surface area contributed by atoms with Crippen LogP contribution in [0.4, 0.5) is 11.8 Å². The number of nitrogen functional groups attached to an aromatic ring is 1. The highest BCUT2D eigenvalue weighted by atomic mass is 16.5. The summed E-state index contributed by atoms with van der Waals surface area (Å²) >= 11 is 0. The van der Waals surface area contributed by atoms with Gasteiger partial charge in [0.25, 0.3) is 0 Å². The van der Waals surface area contributed by atoms with Crippen LogP contribution < -0.4 is 15.4 Å². The number of anilines is 2. The molecule has 1 saturated heterocycles. The molecule has 1 aliphatic heterocycles. The Morgan fingerprint density at radius 1 is 1.17 bits per heavy atom. The van der Waals surface area contributed by atoms with Crippen LogP contribution in [0, 0.1) is 6.92 Å².